The molecule has 5 heteroatoms. The van der Waals surface area contributed by atoms with Crippen molar-refractivity contribution in [3.05, 3.63) is 29.3 Å². The fourth-order valence-electron chi connectivity index (χ4n) is 1.80. The second-order valence-corrected chi connectivity index (χ2v) is 6.07. The van der Waals surface area contributed by atoms with Crippen LogP contribution in [0.25, 0.3) is 10.6 Å². The molecule has 0 saturated heterocycles. The summed E-state index contributed by atoms with van der Waals surface area (Å²) in [5.41, 5.74) is 0.448. The van der Waals surface area contributed by atoms with Gasteiger partial charge >= 0.3 is 0 Å². The van der Waals surface area contributed by atoms with Crippen molar-refractivity contribution in [2.45, 2.75) is 32.1 Å². The Hall–Kier alpha value is -0.940. The average molecular weight is 342 g/mol. The van der Waals surface area contributed by atoms with Gasteiger partial charge in [0, 0.05) is 17.8 Å². The van der Waals surface area contributed by atoms with E-state index in [-0.39, 0.29) is 5.78 Å². The van der Waals surface area contributed by atoms with Crippen LogP contribution in [-0.4, -0.2) is 16.3 Å². The Bertz CT molecular complexity index is 507. The van der Waals surface area contributed by atoms with E-state index in [1.165, 1.54) is 6.42 Å². The summed E-state index contributed by atoms with van der Waals surface area (Å²) in [7, 11) is 0. The van der Waals surface area contributed by atoms with E-state index in [0.29, 0.717) is 17.9 Å². The maximum atomic E-state index is 11.9. The topological polar surface area (TPSA) is 43.1 Å². The van der Waals surface area contributed by atoms with Gasteiger partial charge in [0.1, 0.15) is 5.69 Å². The Kier molecular flexibility index (Phi) is 5.79. The quantitative estimate of drug-likeness (QED) is 0.388. The minimum atomic E-state index is 0.0744. The van der Waals surface area contributed by atoms with Crippen LogP contribution in [0.1, 0.15) is 42.6 Å². The van der Waals surface area contributed by atoms with Crippen LogP contribution < -0.4 is 0 Å². The number of carbonyl (C=O) groups excluding carboxylic acids is 1. The molecule has 19 heavy (non-hydrogen) atoms. The first kappa shape index (κ1) is 14.5. The van der Waals surface area contributed by atoms with Gasteiger partial charge in [-0.2, -0.15) is 0 Å². The van der Waals surface area contributed by atoms with E-state index in [2.05, 4.69) is 21.1 Å². The van der Waals surface area contributed by atoms with Gasteiger partial charge in [0.15, 0.2) is 11.5 Å². The smallest absolute Gasteiger partial charge is 0.184 e. The maximum Gasteiger partial charge on any atom is 0.184 e. The Labute approximate surface area is 125 Å². The van der Waals surface area contributed by atoms with Crippen LogP contribution in [0.15, 0.2) is 28.1 Å². The lowest BCUT2D eigenvalue weighted by atomic mass is 10.1. The van der Waals surface area contributed by atoms with Crippen molar-refractivity contribution in [1.82, 2.24) is 5.16 Å². The van der Waals surface area contributed by atoms with Crippen molar-refractivity contribution in [1.29, 1.82) is 0 Å². The van der Waals surface area contributed by atoms with E-state index in [4.69, 9.17) is 4.52 Å². The van der Waals surface area contributed by atoms with Crippen LogP contribution in [0, 0.1) is 0 Å². The lowest BCUT2D eigenvalue weighted by molar-refractivity contribution is 0.0970. The third-order valence-electron chi connectivity index (χ3n) is 2.85. The highest BCUT2D eigenvalue weighted by molar-refractivity contribution is 9.09. The molecule has 0 unspecified atom stereocenters. The van der Waals surface area contributed by atoms with Crippen molar-refractivity contribution in [3.8, 4) is 10.6 Å². The summed E-state index contributed by atoms with van der Waals surface area (Å²) in [5, 5.41) is 6.87. The third kappa shape index (κ3) is 4.28. The van der Waals surface area contributed by atoms with E-state index in [1.807, 2.05) is 17.5 Å². The normalized spacial score (nSPS) is 10.8. The van der Waals surface area contributed by atoms with E-state index in [0.717, 1.165) is 29.5 Å². The van der Waals surface area contributed by atoms with Crippen molar-refractivity contribution in [3.63, 3.8) is 0 Å². The number of hydrogen-bond acceptors (Lipinski definition) is 4. The molecule has 0 bridgehead atoms. The summed E-state index contributed by atoms with van der Waals surface area (Å²) < 4.78 is 5.21. The molecule has 102 valence electrons. The highest BCUT2D eigenvalue weighted by atomic mass is 79.9. The van der Waals surface area contributed by atoms with Crippen molar-refractivity contribution in [2.24, 2.45) is 0 Å². The Morgan fingerprint density at radius 1 is 1.32 bits per heavy atom. The maximum absolute atomic E-state index is 11.9. The number of halogens is 1. The zero-order chi connectivity index (χ0) is 13.5. The monoisotopic (exact) mass is 341 g/mol. The molecule has 0 fully saturated rings. The molecular weight excluding hydrogens is 326 g/mol. The first-order valence-electron chi connectivity index (χ1n) is 6.41. The van der Waals surface area contributed by atoms with Crippen molar-refractivity contribution >= 4 is 33.0 Å². The van der Waals surface area contributed by atoms with Gasteiger partial charge in [0.2, 0.25) is 0 Å². The third-order valence-corrected chi connectivity index (χ3v) is 4.29. The highest BCUT2D eigenvalue weighted by Crippen LogP contribution is 2.25. The molecule has 0 aliphatic rings. The number of aromatic nitrogens is 1. The molecule has 2 aromatic heterocycles. The molecule has 0 spiro atoms. The molecule has 2 rings (SSSR count). The lowest BCUT2D eigenvalue weighted by Gasteiger charge is -1.97. The van der Waals surface area contributed by atoms with Gasteiger partial charge in [0.25, 0.3) is 0 Å². The summed E-state index contributed by atoms with van der Waals surface area (Å²) >= 11 is 4.98. The van der Waals surface area contributed by atoms with E-state index in [9.17, 15) is 4.79 Å². The van der Waals surface area contributed by atoms with Crippen LogP contribution in [-0.2, 0) is 0 Å². The van der Waals surface area contributed by atoms with Crippen LogP contribution in [0.4, 0.5) is 0 Å². The predicted octanol–water partition coefficient (Wildman–Crippen LogP) is 4.93. The molecule has 2 heterocycles. The molecule has 0 aromatic carbocycles. The van der Waals surface area contributed by atoms with Crippen LogP contribution in [0.3, 0.4) is 0 Å². The zero-order valence-corrected chi connectivity index (χ0v) is 13.0. The van der Waals surface area contributed by atoms with E-state index in [1.54, 1.807) is 17.4 Å². The summed E-state index contributed by atoms with van der Waals surface area (Å²) in [4.78, 5) is 12.9. The molecule has 0 amide bonds. The van der Waals surface area contributed by atoms with Crippen molar-refractivity contribution in [2.75, 3.05) is 5.33 Å². The van der Waals surface area contributed by atoms with Gasteiger partial charge in [0.05, 0.1) is 4.88 Å². The van der Waals surface area contributed by atoms with Gasteiger partial charge < -0.3 is 4.52 Å². The van der Waals surface area contributed by atoms with Gasteiger partial charge in [-0.3, -0.25) is 4.79 Å². The summed E-state index contributed by atoms with van der Waals surface area (Å²) in [6.45, 7) is 0. The van der Waals surface area contributed by atoms with Gasteiger partial charge in [-0.25, -0.2) is 0 Å². The van der Waals surface area contributed by atoms with Gasteiger partial charge in [-0.15, -0.1) is 11.3 Å². The minimum absolute atomic E-state index is 0.0744. The van der Waals surface area contributed by atoms with Crippen LogP contribution in [0.2, 0.25) is 0 Å². The SMILES string of the molecule is O=C(CCCCCCBr)c1cc(-c2cccs2)on1. The lowest BCUT2D eigenvalue weighted by Crippen LogP contribution is -1.98. The summed E-state index contributed by atoms with van der Waals surface area (Å²) in [6, 6.07) is 5.65. The molecule has 0 radical (unpaired) electrons. The minimum Gasteiger partial charge on any atom is -0.355 e. The molecule has 2 aromatic rings. The second kappa shape index (κ2) is 7.60. The molecule has 0 aliphatic heterocycles. The largest absolute Gasteiger partial charge is 0.355 e. The number of Topliss-reactive ketones (excluding diaryl/α,β-unsaturated/α-hetero) is 1. The second-order valence-electron chi connectivity index (χ2n) is 4.33. The number of unbranched alkanes of at least 4 members (excludes halogenated alkanes) is 3. The molecule has 3 nitrogen and oxygen atoms in total. The number of thiophene rings is 1. The van der Waals surface area contributed by atoms with E-state index < -0.39 is 0 Å². The highest BCUT2D eigenvalue weighted by Gasteiger charge is 2.13. The standard InChI is InChI=1S/C14H16BrNO2S/c15-8-4-2-1-3-6-12(17)11-10-13(18-16-11)14-7-5-9-19-14/h5,7,9-10H,1-4,6,8H2. The fourth-order valence-corrected chi connectivity index (χ4v) is 2.87. The van der Waals surface area contributed by atoms with Gasteiger partial charge in [-0.05, 0) is 24.3 Å². The number of ketones is 1. The number of alkyl halides is 1. The predicted molar refractivity (Wildman–Crippen MR) is 81.0 cm³/mol. The fraction of sp³-hybridized carbons (Fsp3) is 0.429. The Balaban J connectivity index is 1.83. The summed E-state index contributed by atoms with van der Waals surface area (Å²) in [6.07, 6.45) is 4.90. The Morgan fingerprint density at radius 2 is 2.16 bits per heavy atom. The van der Waals surface area contributed by atoms with Crippen molar-refractivity contribution < 1.29 is 9.32 Å². The first-order valence-corrected chi connectivity index (χ1v) is 8.41. The number of hydrogen-bond donors (Lipinski definition) is 0. The molecule has 0 atom stereocenters. The summed E-state index contributed by atoms with van der Waals surface area (Å²) in [5.74, 6) is 0.753. The van der Waals surface area contributed by atoms with Crippen LogP contribution >= 0.6 is 27.3 Å². The Morgan fingerprint density at radius 3 is 2.89 bits per heavy atom. The average Bonchev–Trinajstić information content (AvgIpc) is 3.08. The molecular formula is C14H16BrNO2S. The molecule has 0 N–H and O–H groups in total. The molecule has 0 saturated carbocycles. The van der Waals surface area contributed by atoms with Crippen LogP contribution in [0.5, 0.6) is 0 Å². The number of carbonyl (C=O) groups is 1. The zero-order valence-electron chi connectivity index (χ0n) is 10.6. The van der Waals surface area contributed by atoms with E-state index >= 15 is 0 Å². The van der Waals surface area contributed by atoms with Gasteiger partial charge in [-0.1, -0.05) is 40.0 Å². The number of nitrogens with zero attached hydrogens (tertiary/aromatic N) is 1. The first-order chi connectivity index (χ1) is 9.31. The molecule has 0 aliphatic carbocycles. The number of rotatable bonds is 8.